The molecule has 0 atom stereocenters. The normalized spacial score (nSPS) is 11.5. The van der Waals surface area contributed by atoms with Crippen molar-refractivity contribution in [3.05, 3.63) is 90.1 Å². The number of phosphoric acid groups is 1. The first-order valence-electron chi connectivity index (χ1n) is 9.51. The lowest BCUT2D eigenvalue weighted by molar-refractivity contribution is 0.103. The van der Waals surface area contributed by atoms with Crippen molar-refractivity contribution in [3.8, 4) is 11.4 Å². The van der Waals surface area contributed by atoms with Gasteiger partial charge in [-0.1, -0.05) is 24.3 Å². The van der Waals surface area contributed by atoms with Gasteiger partial charge in [-0.3, -0.25) is 14.6 Å². The lowest BCUT2D eigenvalue weighted by Gasteiger charge is -2.14. The third-order valence-corrected chi connectivity index (χ3v) is 5.38. The van der Waals surface area contributed by atoms with E-state index in [0.29, 0.717) is 27.7 Å². The number of rotatable bonds is 6. The number of hydrogen-bond acceptors (Lipinski definition) is 4. The summed E-state index contributed by atoms with van der Waals surface area (Å²) >= 11 is 0. The monoisotopic (exact) mass is 436 g/mol. The second-order valence-electron chi connectivity index (χ2n) is 7.25. The van der Waals surface area contributed by atoms with Crippen LogP contribution in [-0.2, 0) is 4.57 Å². The Labute approximate surface area is 179 Å². The van der Waals surface area contributed by atoms with Gasteiger partial charge in [0.2, 0.25) is 0 Å². The number of nitrogens with zero attached hydrogens (tertiary/aromatic N) is 2. The predicted molar refractivity (Wildman–Crippen MR) is 120 cm³/mol. The van der Waals surface area contributed by atoms with Crippen molar-refractivity contribution in [1.82, 2.24) is 4.57 Å². The molecule has 0 saturated carbocycles. The number of carbonyl (C=O) groups is 1. The van der Waals surface area contributed by atoms with Crippen molar-refractivity contribution >= 4 is 30.2 Å². The Bertz CT molecular complexity index is 1310. The van der Waals surface area contributed by atoms with Crippen molar-refractivity contribution < 1.29 is 23.7 Å². The Balaban J connectivity index is 1.83. The van der Waals surface area contributed by atoms with Gasteiger partial charge >= 0.3 is 7.82 Å². The number of fused-ring (bicyclic) bond motifs is 1. The van der Waals surface area contributed by atoms with Gasteiger partial charge in [-0.05, 0) is 48.5 Å². The van der Waals surface area contributed by atoms with E-state index in [2.05, 4.69) is 0 Å². The van der Waals surface area contributed by atoms with Gasteiger partial charge in [0.15, 0.2) is 11.5 Å². The van der Waals surface area contributed by atoms with Crippen molar-refractivity contribution in [2.45, 2.75) is 0 Å². The van der Waals surface area contributed by atoms with Crippen LogP contribution in [0.1, 0.15) is 15.9 Å². The fraction of sp³-hybridized carbons (Fsp3) is 0.0870. The van der Waals surface area contributed by atoms with E-state index in [4.69, 9.17) is 4.52 Å². The summed E-state index contributed by atoms with van der Waals surface area (Å²) in [4.78, 5) is 33.8. The molecule has 31 heavy (non-hydrogen) atoms. The summed E-state index contributed by atoms with van der Waals surface area (Å²) in [6.45, 7) is 0. The molecule has 0 saturated heterocycles. The van der Waals surface area contributed by atoms with E-state index >= 15 is 0 Å². The molecule has 1 aromatic heterocycles. The summed E-state index contributed by atoms with van der Waals surface area (Å²) in [5, 5.41) is 0.531. The number of phosphoric ester groups is 1. The van der Waals surface area contributed by atoms with E-state index in [9.17, 15) is 19.1 Å². The molecule has 4 rings (SSSR count). The first kappa shape index (κ1) is 20.9. The van der Waals surface area contributed by atoms with Crippen molar-refractivity contribution in [3.63, 3.8) is 0 Å². The Morgan fingerprint density at radius 1 is 0.935 bits per heavy atom. The minimum absolute atomic E-state index is 0.0431. The second-order valence-corrected chi connectivity index (χ2v) is 8.41. The molecular formula is C23H21N2O5P. The van der Waals surface area contributed by atoms with E-state index in [1.165, 1.54) is 6.20 Å². The molecule has 4 aromatic rings. The molecule has 158 valence electrons. The van der Waals surface area contributed by atoms with E-state index in [1.54, 1.807) is 59.2 Å². The molecule has 0 aliphatic rings. The topological polar surface area (TPSA) is 92.0 Å². The average Bonchev–Trinajstić information content (AvgIpc) is 3.10. The van der Waals surface area contributed by atoms with E-state index < -0.39 is 7.82 Å². The second kappa shape index (κ2) is 8.04. The number of benzene rings is 3. The van der Waals surface area contributed by atoms with Gasteiger partial charge in [0.25, 0.3) is 0 Å². The average molecular weight is 436 g/mol. The third-order valence-electron chi connectivity index (χ3n) is 4.95. The maximum atomic E-state index is 13.3. The molecule has 7 nitrogen and oxygen atoms in total. The minimum Gasteiger partial charge on any atom is -0.402 e. The lowest BCUT2D eigenvalue weighted by atomic mass is 10.0. The van der Waals surface area contributed by atoms with Crippen LogP contribution in [-0.4, -0.2) is 34.2 Å². The number of anilines is 1. The number of aromatic nitrogens is 1. The molecule has 0 radical (unpaired) electrons. The largest absolute Gasteiger partial charge is 0.524 e. The summed E-state index contributed by atoms with van der Waals surface area (Å²) < 4.78 is 18.0. The lowest BCUT2D eigenvalue weighted by Crippen LogP contribution is -2.10. The van der Waals surface area contributed by atoms with Crippen LogP contribution < -0.4 is 9.42 Å². The summed E-state index contributed by atoms with van der Waals surface area (Å²) in [6.07, 6.45) is 1.49. The molecule has 2 N–H and O–H groups in total. The number of para-hydroxylation sites is 2. The molecule has 0 amide bonds. The number of hydrogen-bond donors (Lipinski definition) is 2. The van der Waals surface area contributed by atoms with Crippen LogP contribution >= 0.6 is 7.82 Å². The minimum atomic E-state index is -4.75. The maximum Gasteiger partial charge on any atom is 0.524 e. The van der Waals surface area contributed by atoms with Crippen LogP contribution in [0, 0.1) is 0 Å². The highest BCUT2D eigenvalue weighted by Gasteiger charge is 2.22. The first-order valence-corrected chi connectivity index (χ1v) is 11.0. The highest BCUT2D eigenvalue weighted by atomic mass is 31.2. The van der Waals surface area contributed by atoms with Gasteiger partial charge < -0.3 is 14.0 Å². The molecule has 0 bridgehead atoms. The summed E-state index contributed by atoms with van der Waals surface area (Å²) in [7, 11) is -0.884. The smallest absolute Gasteiger partial charge is 0.402 e. The van der Waals surface area contributed by atoms with Crippen LogP contribution in [0.5, 0.6) is 5.75 Å². The highest BCUT2D eigenvalue weighted by Crippen LogP contribution is 2.42. The molecular weight excluding hydrogens is 415 g/mol. The summed E-state index contributed by atoms with van der Waals surface area (Å²) in [5.74, 6) is -0.113. The Hall–Kier alpha value is -3.38. The number of ketones is 1. The molecule has 0 aliphatic carbocycles. The van der Waals surface area contributed by atoms with Gasteiger partial charge in [-0.25, -0.2) is 4.57 Å². The molecule has 3 aromatic carbocycles. The molecule has 1 heterocycles. The van der Waals surface area contributed by atoms with E-state index in [1.807, 2.05) is 37.2 Å². The maximum absolute atomic E-state index is 13.3. The summed E-state index contributed by atoms with van der Waals surface area (Å²) in [5.41, 5.74) is 3.24. The van der Waals surface area contributed by atoms with Crippen LogP contribution in [0.2, 0.25) is 0 Å². The van der Waals surface area contributed by atoms with Gasteiger partial charge in [-0.2, -0.15) is 0 Å². The van der Waals surface area contributed by atoms with Crippen LogP contribution in [0.25, 0.3) is 16.6 Å². The van der Waals surface area contributed by atoms with Crippen molar-refractivity contribution in [2.24, 2.45) is 0 Å². The van der Waals surface area contributed by atoms with Gasteiger partial charge in [0.1, 0.15) is 0 Å². The van der Waals surface area contributed by atoms with Crippen molar-refractivity contribution in [1.29, 1.82) is 0 Å². The molecule has 0 fully saturated rings. The van der Waals surface area contributed by atoms with Gasteiger partial charge in [0, 0.05) is 36.3 Å². The quantitative estimate of drug-likeness (QED) is 0.344. The zero-order valence-electron chi connectivity index (χ0n) is 17.0. The Kier molecular flexibility index (Phi) is 5.41. The van der Waals surface area contributed by atoms with Crippen LogP contribution in [0.3, 0.4) is 0 Å². The molecule has 0 spiro atoms. The van der Waals surface area contributed by atoms with E-state index in [-0.39, 0.29) is 11.5 Å². The Morgan fingerprint density at radius 2 is 1.58 bits per heavy atom. The van der Waals surface area contributed by atoms with Crippen LogP contribution in [0.15, 0.2) is 79.0 Å². The van der Waals surface area contributed by atoms with Gasteiger partial charge in [0.05, 0.1) is 17.4 Å². The van der Waals surface area contributed by atoms with Gasteiger partial charge in [-0.15, -0.1) is 0 Å². The SMILES string of the molecule is CN(C)c1ccc(C(=O)c2ccccc2-n2cc(OP(=O)(O)O)c3ccccc32)cc1. The number of carbonyl (C=O) groups excluding carboxylic acids is 1. The molecule has 0 unspecified atom stereocenters. The fourth-order valence-electron chi connectivity index (χ4n) is 3.49. The molecule has 8 heteroatoms. The molecule has 0 aliphatic heterocycles. The zero-order valence-corrected chi connectivity index (χ0v) is 17.9. The summed E-state index contributed by atoms with van der Waals surface area (Å²) in [6, 6.07) is 21.5. The fourth-order valence-corrected chi connectivity index (χ4v) is 3.89. The zero-order chi connectivity index (χ0) is 22.2. The van der Waals surface area contributed by atoms with Crippen molar-refractivity contribution in [2.75, 3.05) is 19.0 Å². The third kappa shape index (κ3) is 4.25. The van der Waals surface area contributed by atoms with E-state index in [0.717, 1.165) is 5.69 Å². The first-order chi connectivity index (χ1) is 14.7. The standard InChI is InChI=1S/C23H21N2O5P/c1-24(2)17-13-11-16(12-14-17)23(26)19-8-4-6-10-21(19)25-15-22(30-31(27,28)29)18-7-3-5-9-20(18)25/h3-15H,1-2H3,(H2,27,28,29). The van der Waals surface area contributed by atoms with Crippen LogP contribution in [0.4, 0.5) is 5.69 Å². The Morgan fingerprint density at radius 3 is 2.26 bits per heavy atom. The highest BCUT2D eigenvalue weighted by molar-refractivity contribution is 7.46. The predicted octanol–water partition coefficient (Wildman–Crippen LogP) is 4.40.